The fourth-order valence-electron chi connectivity index (χ4n) is 4.83. The number of ether oxygens (including phenoxy) is 1. The third kappa shape index (κ3) is 5.74. The first-order chi connectivity index (χ1) is 18.8. The first-order valence-corrected chi connectivity index (χ1v) is 13.0. The minimum absolute atomic E-state index is 0.0108. The molecule has 4 heterocycles. The fraction of sp³-hybridized carbons (Fsp3) is 0.393. The first kappa shape index (κ1) is 26.6. The van der Waals surface area contributed by atoms with Crippen LogP contribution < -0.4 is 10.6 Å². The molecule has 0 radical (unpaired) electrons. The number of carbonyl (C=O) groups is 2. The van der Waals surface area contributed by atoms with Gasteiger partial charge in [-0.3, -0.25) is 9.59 Å². The molecular weight excluding hydrogens is 503 g/mol. The second kappa shape index (κ2) is 11.4. The van der Waals surface area contributed by atoms with Gasteiger partial charge in [0.05, 0.1) is 24.5 Å². The molecule has 1 saturated heterocycles. The zero-order valence-corrected chi connectivity index (χ0v) is 21.9. The number of aromatic nitrogens is 3. The summed E-state index contributed by atoms with van der Waals surface area (Å²) in [5.74, 6) is -1.20. The van der Waals surface area contributed by atoms with Gasteiger partial charge in [-0.1, -0.05) is 35.9 Å². The first-order valence-electron chi connectivity index (χ1n) is 13.0. The molecule has 1 fully saturated rings. The van der Waals surface area contributed by atoms with Crippen LogP contribution >= 0.6 is 0 Å². The number of amides is 2. The molecule has 0 unspecified atom stereocenters. The average Bonchev–Trinajstić information content (AvgIpc) is 3.28. The zero-order chi connectivity index (χ0) is 27.5. The van der Waals surface area contributed by atoms with Crippen LogP contribution in [-0.4, -0.2) is 68.7 Å². The summed E-state index contributed by atoms with van der Waals surface area (Å²) in [6.45, 7) is 4.74. The fourth-order valence-corrected chi connectivity index (χ4v) is 4.83. The second-order valence-electron chi connectivity index (χ2n) is 9.89. The molecule has 0 spiro atoms. The molecule has 0 aliphatic carbocycles. The monoisotopic (exact) mass is 534 g/mol. The number of aryl methyl sites for hydroxylation is 1. The van der Waals surface area contributed by atoms with E-state index < -0.39 is 29.7 Å². The maximum absolute atomic E-state index is 14.7. The molecule has 0 saturated carbocycles. The lowest BCUT2D eigenvalue weighted by molar-refractivity contribution is -0.126. The Hall–Kier alpha value is -3.96. The van der Waals surface area contributed by atoms with Crippen molar-refractivity contribution in [1.29, 1.82) is 0 Å². The molecule has 3 N–H and O–H groups in total. The maximum Gasteiger partial charge on any atom is 0.273 e. The van der Waals surface area contributed by atoms with Gasteiger partial charge in [-0.05, 0) is 38.3 Å². The van der Waals surface area contributed by atoms with E-state index in [0.717, 1.165) is 30.2 Å². The molecule has 5 rings (SSSR count). The lowest BCUT2D eigenvalue weighted by Crippen LogP contribution is -2.46. The van der Waals surface area contributed by atoms with Crippen molar-refractivity contribution in [1.82, 2.24) is 25.2 Å². The van der Waals surface area contributed by atoms with E-state index in [1.165, 1.54) is 4.90 Å². The topological polar surface area (TPSA) is 130 Å². The normalized spacial score (nSPS) is 17.0. The summed E-state index contributed by atoms with van der Waals surface area (Å²) in [5.41, 5.74) is 2.77. The lowest BCUT2D eigenvalue weighted by Gasteiger charge is -2.26. The van der Waals surface area contributed by atoms with Crippen molar-refractivity contribution in [3.63, 3.8) is 0 Å². The number of aliphatic hydroxyl groups excluding tert-OH is 1. The number of carbonyl (C=O) groups excluding carboxylic acids is 2. The Morgan fingerprint density at radius 2 is 2.00 bits per heavy atom. The molecule has 204 valence electrons. The highest BCUT2D eigenvalue weighted by Crippen LogP contribution is 2.28. The zero-order valence-electron chi connectivity index (χ0n) is 21.9. The summed E-state index contributed by atoms with van der Waals surface area (Å²) < 4.78 is 20.1. The smallest absolute Gasteiger partial charge is 0.273 e. The highest BCUT2D eigenvalue weighted by Gasteiger charge is 2.36. The Labute approximate surface area is 225 Å². The van der Waals surface area contributed by atoms with Crippen molar-refractivity contribution >= 4 is 17.8 Å². The van der Waals surface area contributed by atoms with Crippen molar-refractivity contribution in [3.8, 4) is 11.4 Å². The van der Waals surface area contributed by atoms with Crippen molar-refractivity contribution in [2.45, 2.75) is 51.4 Å². The number of benzene rings is 1. The summed E-state index contributed by atoms with van der Waals surface area (Å²) >= 11 is 0. The van der Waals surface area contributed by atoms with Gasteiger partial charge in [-0.15, -0.1) is 0 Å². The number of fused-ring (bicyclic) bond motifs is 1. The van der Waals surface area contributed by atoms with Crippen LogP contribution in [0.1, 0.15) is 53.0 Å². The van der Waals surface area contributed by atoms with Crippen LogP contribution in [0.5, 0.6) is 0 Å². The van der Waals surface area contributed by atoms with Crippen LogP contribution in [0.4, 0.5) is 10.3 Å². The van der Waals surface area contributed by atoms with Gasteiger partial charge < -0.3 is 25.4 Å². The molecular formula is C28H31FN6O4. The molecule has 3 aromatic rings. The maximum atomic E-state index is 14.7. The highest BCUT2D eigenvalue weighted by molar-refractivity contribution is 6.00. The van der Waals surface area contributed by atoms with Crippen LogP contribution in [0, 0.1) is 12.7 Å². The predicted octanol–water partition coefficient (Wildman–Crippen LogP) is 2.77. The Kier molecular flexibility index (Phi) is 7.80. The van der Waals surface area contributed by atoms with Gasteiger partial charge in [0.2, 0.25) is 11.9 Å². The number of aliphatic hydroxyl groups is 1. The quantitative estimate of drug-likeness (QED) is 0.402. The van der Waals surface area contributed by atoms with Crippen LogP contribution in [0.3, 0.4) is 0 Å². The number of hydrogen-bond acceptors (Lipinski definition) is 8. The van der Waals surface area contributed by atoms with E-state index in [1.54, 1.807) is 19.1 Å². The van der Waals surface area contributed by atoms with Gasteiger partial charge in [0.25, 0.3) is 5.91 Å². The van der Waals surface area contributed by atoms with E-state index >= 15 is 0 Å². The van der Waals surface area contributed by atoms with E-state index in [9.17, 15) is 19.1 Å². The predicted molar refractivity (Wildman–Crippen MR) is 141 cm³/mol. The van der Waals surface area contributed by atoms with E-state index in [0.29, 0.717) is 18.8 Å². The van der Waals surface area contributed by atoms with Crippen LogP contribution in [-0.2, 0) is 16.1 Å². The average molecular weight is 535 g/mol. The SMILES string of the molecule is Cc1cccc([C@@H](CO)NC(=O)[C@@H](C)N2Cc3ccc(-c4nc(NC5CCOCC5)ncc4F)nc3C2=O)c1. The van der Waals surface area contributed by atoms with Gasteiger partial charge in [0, 0.05) is 31.4 Å². The van der Waals surface area contributed by atoms with Gasteiger partial charge in [-0.25, -0.2) is 19.3 Å². The molecule has 0 bridgehead atoms. The van der Waals surface area contributed by atoms with Gasteiger partial charge >= 0.3 is 0 Å². The van der Waals surface area contributed by atoms with Crippen molar-refractivity contribution in [2.24, 2.45) is 0 Å². The second-order valence-corrected chi connectivity index (χ2v) is 9.89. The molecule has 39 heavy (non-hydrogen) atoms. The van der Waals surface area contributed by atoms with E-state index in [4.69, 9.17) is 4.74 Å². The number of pyridine rings is 1. The highest BCUT2D eigenvalue weighted by atomic mass is 19.1. The molecule has 2 aromatic heterocycles. The van der Waals surface area contributed by atoms with Crippen LogP contribution in [0.2, 0.25) is 0 Å². The molecule has 11 heteroatoms. The van der Waals surface area contributed by atoms with Crippen molar-refractivity contribution in [2.75, 3.05) is 25.1 Å². The van der Waals surface area contributed by atoms with Crippen LogP contribution in [0.25, 0.3) is 11.4 Å². The largest absolute Gasteiger partial charge is 0.394 e. The summed E-state index contributed by atoms with van der Waals surface area (Å²) in [4.78, 5) is 40.6. The van der Waals surface area contributed by atoms with E-state index in [-0.39, 0.29) is 42.2 Å². The Morgan fingerprint density at radius 3 is 2.74 bits per heavy atom. The number of anilines is 1. The van der Waals surface area contributed by atoms with Gasteiger partial charge in [-0.2, -0.15) is 0 Å². The van der Waals surface area contributed by atoms with Crippen LogP contribution in [0.15, 0.2) is 42.6 Å². The molecule has 2 atom stereocenters. The number of rotatable bonds is 8. The number of halogens is 1. The van der Waals surface area contributed by atoms with Crippen molar-refractivity contribution < 1.29 is 23.8 Å². The third-order valence-electron chi connectivity index (χ3n) is 7.11. The Bertz CT molecular complexity index is 1380. The van der Waals surface area contributed by atoms with Gasteiger partial charge in [0.15, 0.2) is 5.82 Å². The standard InChI is InChI=1S/C28H31FN6O4/c1-16-4-3-5-18(12-16)23(15-36)33-26(37)17(2)35-14-19-6-7-22(32-24(19)27(35)38)25-21(29)13-30-28(34-25)31-20-8-10-39-11-9-20/h3-7,12-13,17,20,23,36H,8-11,14-15H2,1-2H3,(H,33,37)(H,30,31,34)/t17-,23-/m1/s1. The summed E-state index contributed by atoms with van der Waals surface area (Å²) in [7, 11) is 0. The van der Waals surface area contributed by atoms with Crippen molar-refractivity contribution in [3.05, 3.63) is 70.8 Å². The molecule has 1 aromatic carbocycles. The lowest BCUT2D eigenvalue weighted by atomic mass is 10.0. The molecule has 10 nitrogen and oxygen atoms in total. The Balaban J connectivity index is 1.31. The van der Waals surface area contributed by atoms with Gasteiger partial charge in [0.1, 0.15) is 17.4 Å². The minimum atomic E-state index is -0.819. The summed E-state index contributed by atoms with van der Waals surface area (Å²) in [6.07, 6.45) is 2.69. The van der Waals surface area contributed by atoms with E-state index in [2.05, 4.69) is 25.6 Å². The number of nitrogens with zero attached hydrogens (tertiary/aromatic N) is 4. The Morgan fingerprint density at radius 1 is 1.21 bits per heavy atom. The third-order valence-corrected chi connectivity index (χ3v) is 7.11. The molecule has 2 amide bonds. The van der Waals surface area contributed by atoms with E-state index in [1.807, 2.05) is 31.2 Å². The summed E-state index contributed by atoms with van der Waals surface area (Å²) in [6, 6.07) is 9.54. The number of nitrogens with one attached hydrogen (secondary N) is 2. The summed E-state index contributed by atoms with van der Waals surface area (Å²) in [5, 5.41) is 15.9. The molecule has 2 aliphatic heterocycles. The number of hydrogen-bond donors (Lipinski definition) is 3. The molecule has 2 aliphatic rings. The minimum Gasteiger partial charge on any atom is -0.394 e.